The Kier molecular flexibility index (Phi) is 2.76. The van der Waals surface area contributed by atoms with Crippen molar-refractivity contribution in [2.45, 2.75) is 26.4 Å². The fraction of sp³-hybridized carbons (Fsp3) is 0.333. The molecule has 0 saturated heterocycles. The third kappa shape index (κ3) is 1.78. The van der Waals surface area contributed by atoms with E-state index in [1.807, 2.05) is 0 Å². The predicted molar refractivity (Wildman–Crippen MR) is 69.7 cm³/mol. The SMILES string of the molecule is CC1(C)Cc2onc(-c3ccccc3F)c2C(=O)C1O. The van der Waals surface area contributed by atoms with Gasteiger partial charge in [-0.05, 0) is 12.1 Å². The summed E-state index contributed by atoms with van der Waals surface area (Å²) in [7, 11) is 0. The first-order valence-electron chi connectivity index (χ1n) is 6.37. The van der Waals surface area contributed by atoms with Crippen LogP contribution in [0.5, 0.6) is 0 Å². The maximum Gasteiger partial charge on any atom is 0.197 e. The number of aliphatic hydroxyl groups is 1. The first-order valence-corrected chi connectivity index (χ1v) is 6.37. The molecule has 1 aromatic carbocycles. The number of halogens is 1. The lowest BCUT2D eigenvalue weighted by Gasteiger charge is -2.32. The number of ketones is 1. The van der Waals surface area contributed by atoms with Gasteiger partial charge in [0, 0.05) is 17.4 Å². The number of nitrogens with zero attached hydrogens (tertiary/aromatic N) is 1. The molecule has 1 aromatic heterocycles. The number of Topliss-reactive ketones (excluding diaryl/α,β-unsaturated/α-hetero) is 1. The molecule has 5 heteroatoms. The van der Waals surface area contributed by atoms with Crippen LogP contribution in [0.25, 0.3) is 11.3 Å². The van der Waals surface area contributed by atoms with Gasteiger partial charge >= 0.3 is 0 Å². The standard InChI is InChI=1S/C15H14FNO3/c1-15(2)7-10-11(13(18)14(15)19)12(17-20-10)8-5-3-4-6-9(8)16/h3-6,14,19H,7H2,1-2H3. The van der Waals surface area contributed by atoms with Gasteiger partial charge in [0.1, 0.15) is 23.4 Å². The minimum atomic E-state index is -1.14. The highest BCUT2D eigenvalue weighted by molar-refractivity contribution is 6.06. The van der Waals surface area contributed by atoms with Crippen LogP contribution in [-0.2, 0) is 6.42 Å². The summed E-state index contributed by atoms with van der Waals surface area (Å²) in [5.74, 6) is -0.532. The molecule has 0 amide bonds. The van der Waals surface area contributed by atoms with Gasteiger partial charge in [0.05, 0.1) is 5.56 Å². The van der Waals surface area contributed by atoms with Crippen LogP contribution >= 0.6 is 0 Å². The van der Waals surface area contributed by atoms with E-state index >= 15 is 0 Å². The first-order chi connectivity index (χ1) is 9.42. The van der Waals surface area contributed by atoms with E-state index in [-0.39, 0.29) is 16.8 Å². The summed E-state index contributed by atoms with van der Waals surface area (Å²) in [5, 5.41) is 13.9. The summed E-state index contributed by atoms with van der Waals surface area (Å²) < 4.78 is 19.0. The summed E-state index contributed by atoms with van der Waals surface area (Å²) in [6.07, 6.45) is -0.753. The van der Waals surface area contributed by atoms with Crippen LogP contribution in [0.3, 0.4) is 0 Å². The molecule has 0 bridgehead atoms. The zero-order valence-electron chi connectivity index (χ0n) is 11.2. The van der Waals surface area contributed by atoms with Gasteiger partial charge in [-0.15, -0.1) is 0 Å². The van der Waals surface area contributed by atoms with Crippen LogP contribution in [0, 0.1) is 11.2 Å². The quantitative estimate of drug-likeness (QED) is 0.869. The molecule has 3 rings (SSSR count). The fourth-order valence-corrected chi connectivity index (χ4v) is 2.54. The largest absolute Gasteiger partial charge is 0.384 e. The monoisotopic (exact) mass is 275 g/mol. The Balaban J connectivity index is 2.18. The van der Waals surface area contributed by atoms with Crippen LogP contribution in [-0.4, -0.2) is 22.2 Å². The molecule has 0 radical (unpaired) electrons. The summed E-state index contributed by atoms with van der Waals surface area (Å²) in [6, 6.07) is 6.05. The molecule has 104 valence electrons. The smallest absolute Gasteiger partial charge is 0.197 e. The van der Waals surface area contributed by atoms with E-state index in [4.69, 9.17) is 4.52 Å². The van der Waals surface area contributed by atoms with Crippen molar-refractivity contribution < 1.29 is 18.8 Å². The summed E-state index contributed by atoms with van der Waals surface area (Å²) in [6.45, 7) is 3.56. The van der Waals surface area contributed by atoms with Crippen molar-refractivity contribution in [3.05, 3.63) is 41.4 Å². The van der Waals surface area contributed by atoms with E-state index in [0.717, 1.165) is 0 Å². The molecule has 4 nitrogen and oxygen atoms in total. The average molecular weight is 275 g/mol. The summed E-state index contributed by atoms with van der Waals surface area (Å²) >= 11 is 0. The molecular weight excluding hydrogens is 261 g/mol. The van der Waals surface area contributed by atoms with E-state index in [9.17, 15) is 14.3 Å². The minimum Gasteiger partial charge on any atom is -0.384 e. The Morgan fingerprint density at radius 2 is 2.10 bits per heavy atom. The van der Waals surface area contributed by atoms with Gasteiger partial charge in [0.2, 0.25) is 0 Å². The Morgan fingerprint density at radius 1 is 1.40 bits per heavy atom. The lowest BCUT2D eigenvalue weighted by molar-refractivity contribution is 0.0308. The number of hydrogen-bond acceptors (Lipinski definition) is 4. The minimum absolute atomic E-state index is 0.164. The van der Waals surface area contributed by atoms with Crippen molar-refractivity contribution >= 4 is 5.78 Å². The van der Waals surface area contributed by atoms with Gasteiger partial charge in [-0.25, -0.2) is 4.39 Å². The molecule has 1 unspecified atom stereocenters. The van der Waals surface area contributed by atoms with E-state index in [0.29, 0.717) is 12.2 Å². The normalized spacial score (nSPS) is 20.8. The van der Waals surface area contributed by atoms with Gasteiger partial charge in [0.15, 0.2) is 5.78 Å². The van der Waals surface area contributed by atoms with Crippen molar-refractivity contribution in [3.8, 4) is 11.3 Å². The number of fused-ring (bicyclic) bond motifs is 1. The van der Waals surface area contributed by atoms with Crippen LogP contribution in [0.1, 0.15) is 30.0 Å². The van der Waals surface area contributed by atoms with Crippen molar-refractivity contribution in [2.24, 2.45) is 5.41 Å². The topological polar surface area (TPSA) is 63.3 Å². The van der Waals surface area contributed by atoms with E-state index in [2.05, 4.69) is 5.16 Å². The third-order valence-electron chi connectivity index (χ3n) is 3.74. The van der Waals surface area contributed by atoms with E-state index < -0.39 is 23.1 Å². The van der Waals surface area contributed by atoms with Crippen LogP contribution in [0.4, 0.5) is 4.39 Å². The molecule has 1 heterocycles. The molecule has 0 spiro atoms. The van der Waals surface area contributed by atoms with Crippen LogP contribution in [0.2, 0.25) is 0 Å². The molecule has 0 fully saturated rings. The Labute approximate surface area is 115 Å². The van der Waals surface area contributed by atoms with E-state index in [1.54, 1.807) is 26.0 Å². The molecular formula is C15H14FNO3. The zero-order valence-corrected chi connectivity index (χ0v) is 11.2. The zero-order chi connectivity index (χ0) is 14.5. The maximum atomic E-state index is 13.8. The number of rotatable bonds is 1. The van der Waals surface area contributed by atoms with Crippen molar-refractivity contribution in [1.29, 1.82) is 0 Å². The third-order valence-corrected chi connectivity index (χ3v) is 3.74. The maximum absolute atomic E-state index is 13.8. The molecule has 2 aromatic rings. The summed E-state index contributed by atoms with van der Waals surface area (Å²) in [4.78, 5) is 12.3. The number of benzene rings is 1. The molecule has 1 aliphatic carbocycles. The van der Waals surface area contributed by atoms with E-state index in [1.165, 1.54) is 12.1 Å². The number of aromatic nitrogens is 1. The van der Waals surface area contributed by atoms with Gasteiger partial charge in [-0.1, -0.05) is 31.1 Å². The molecule has 1 aliphatic rings. The molecule has 1 N–H and O–H groups in total. The summed E-state index contributed by atoms with van der Waals surface area (Å²) in [5.41, 5.74) is -0.0480. The number of hydrogen-bond donors (Lipinski definition) is 1. The van der Waals surface area contributed by atoms with Gasteiger partial charge in [0.25, 0.3) is 0 Å². The number of carbonyl (C=O) groups is 1. The fourth-order valence-electron chi connectivity index (χ4n) is 2.54. The van der Waals surface area contributed by atoms with Crippen molar-refractivity contribution in [3.63, 3.8) is 0 Å². The Bertz CT molecular complexity index is 690. The van der Waals surface area contributed by atoms with Crippen molar-refractivity contribution in [1.82, 2.24) is 5.16 Å². The van der Waals surface area contributed by atoms with Crippen LogP contribution in [0.15, 0.2) is 28.8 Å². The Morgan fingerprint density at radius 3 is 2.80 bits per heavy atom. The predicted octanol–water partition coefficient (Wildman–Crippen LogP) is 2.61. The van der Waals surface area contributed by atoms with Crippen LogP contribution < -0.4 is 0 Å². The molecule has 0 saturated carbocycles. The molecule has 0 aliphatic heterocycles. The molecule has 1 atom stereocenters. The highest BCUT2D eigenvalue weighted by atomic mass is 19.1. The highest BCUT2D eigenvalue weighted by Gasteiger charge is 2.44. The second-order valence-corrected chi connectivity index (χ2v) is 5.74. The highest BCUT2D eigenvalue weighted by Crippen LogP contribution is 2.39. The number of carbonyl (C=O) groups excluding carboxylic acids is 1. The number of aliphatic hydroxyl groups excluding tert-OH is 1. The second kappa shape index (κ2) is 4.24. The van der Waals surface area contributed by atoms with Crippen molar-refractivity contribution in [2.75, 3.05) is 0 Å². The lowest BCUT2D eigenvalue weighted by atomic mass is 9.73. The van der Waals surface area contributed by atoms with Gasteiger partial charge in [-0.3, -0.25) is 4.79 Å². The first kappa shape index (κ1) is 13.0. The van der Waals surface area contributed by atoms with Gasteiger partial charge < -0.3 is 9.63 Å². The Hall–Kier alpha value is -2.01. The van der Waals surface area contributed by atoms with Gasteiger partial charge in [-0.2, -0.15) is 0 Å². The average Bonchev–Trinajstić information content (AvgIpc) is 2.79. The molecule has 20 heavy (non-hydrogen) atoms. The lowest BCUT2D eigenvalue weighted by Crippen LogP contribution is -2.42. The second-order valence-electron chi connectivity index (χ2n) is 5.74.